The fraction of sp³-hybridized carbons (Fsp3) is 0.471. The zero-order valence-corrected chi connectivity index (χ0v) is 16.9. The molecule has 1 aromatic carbocycles. The maximum Gasteiger partial charge on any atom is 0.236 e. The van der Waals surface area contributed by atoms with E-state index in [0.29, 0.717) is 10.9 Å². The minimum atomic E-state index is -0.0599. The largest absolute Gasteiger partial charge is 0.355 e. The monoisotopic (exact) mass is 394 g/mol. The Bertz CT molecular complexity index is 768. The van der Waals surface area contributed by atoms with Gasteiger partial charge in [-0.1, -0.05) is 48.3 Å². The number of aryl methyl sites for hydroxylation is 1. The van der Waals surface area contributed by atoms with Crippen molar-refractivity contribution in [1.29, 1.82) is 0 Å². The molecule has 1 aliphatic heterocycles. The van der Waals surface area contributed by atoms with Crippen molar-refractivity contribution in [1.82, 2.24) is 14.8 Å². The van der Waals surface area contributed by atoms with Crippen molar-refractivity contribution in [2.75, 3.05) is 43.8 Å². The summed E-state index contributed by atoms with van der Waals surface area (Å²) in [5, 5.41) is 3.53. The SMILES string of the molecule is CCN1CCN(C(=S)SCC(=O)Nc2nc3ccc(C)cc3s2)CC1. The summed E-state index contributed by atoms with van der Waals surface area (Å²) in [6.45, 7) is 9.27. The number of nitrogens with zero attached hydrogens (tertiary/aromatic N) is 3. The second-order valence-electron chi connectivity index (χ2n) is 6.01. The third-order valence-corrected chi connectivity index (χ3v) is 6.65. The van der Waals surface area contributed by atoms with E-state index in [1.165, 1.54) is 28.7 Å². The van der Waals surface area contributed by atoms with Crippen molar-refractivity contribution < 1.29 is 4.79 Å². The number of aromatic nitrogens is 1. The number of carbonyl (C=O) groups excluding carboxylic acids is 1. The van der Waals surface area contributed by atoms with Gasteiger partial charge in [0.2, 0.25) is 5.91 Å². The van der Waals surface area contributed by atoms with Gasteiger partial charge >= 0.3 is 0 Å². The van der Waals surface area contributed by atoms with E-state index in [2.05, 4.69) is 40.0 Å². The molecule has 8 heteroatoms. The van der Waals surface area contributed by atoms with Crippen molar-refractivity contribution in [3.05, 3.63) is 23.8 Å². The Morgan fingerprint density at radius 3 is 2.84 bits per heavy atom. The minimum absolute atomic E-state index is 0.0599. The van der Waals surface area contributed by atoms with Crippen molar-refractivity contribution >= 4 is 60.9 Å². The summed E-state index contributed by atoms with van der Waals surface area (Å²) < 4.78 is 1.90. The van der Waals surface area contributed by atoms with Gasteiger partial charge in [-0.15, -0.1) is 0 Å². The van der Waals surface area contributed by atoms with Gasteiger partial charge in [0.05, 0.1) is 16.0 Å². The Hall–Kier alpha value is -1.22. The Balaban J connectivity index is 1.48. The van der Waals surface area contributed by atoms with Gasteiger partial charge in [0, 0.05) is 26.2 Å². The Labute approximate surface area is 161 Å². The first-order valence-corrected chi connectivity index (χ1v) is 10.6. The Morgan fingerprint density at radius 2 is 2.12 bits per heavy atom. The number of amides is 1. The summed E-state index contributed by atoms with van der Waals surface area (Å²) in [5.74, 6) is 0.261. The third kappa shape index (κ3) is 4.91. The lowest BCUT2D eigenvalue weighted by molar-refractivity contribution is -0.113. The molecule has 1 aromatic heterocycles. The Morgan fingerprint density at radius 1 is 1.36 bits per heavy atom. The predicted octanol–water partition coefficient (Wildman–Crippen LogP) is 3.20. The third-order valence-electron chi connectivity index (χ3n) is 4.19. The molecule has 2 aromatic rings. The second kappa shape index (κ2) is 8.44. The van der Waals surface area contributed by atoms with Gasteiger partial charge in [0.1, 0.15) is 4.32 Å². The molecule has 1 amide bonds. The van der Waals surface area contributed by atoms with Crippen molar-refractivity contribution in [3.63, 3.8) is 0 Å². The van der Waals surface area contributed by atoms with E-state index in [-0.39, 0.29) is 5.91 Å². The van der Waals surface area contributed by atoms with E-state index in [1.807, 2.05) is 12.1 Å². The lowest BCUT2D eigenvalue weighted by Gasteiger charge is -2.35. The molecule has 0 spiro atoms. The van der Waals surface area contributed by atoms with E-state index in [0.717, 1.165) is 47.3 Å². The van der Waals surface area contributed by atoms with Gasteiger partial charge in [-0.25, -0.2) is 4.98 Å². The Kier molecular flexibility index (Phi) is 6.27. The van der Waals surface area contributed by atoms with Crippen LogP contribution in [0, 0.1) is 6.92 Å². The van der Waals surface area contributed by atoms with Crippen LogP contribution in [0.15, 0.2) is 18.2 Å². The number of piperazine rings is 1. The highest BCUT2D eigenvalue weighted by molar-refractivity contribution is 8.23. The highest BCUT2D eigenvalue weighted by Gasteiger charge is 2.19. The van der Waals surface area contributed by atoms with Gasteiger partial charge in [-0.3, -0.25) is 4.79 Å². The number of carbonyl (C=O) groups is 1. The molecule has 0 bridgehead atoms. The van der Waals surface area contributed by atoms with Crippen molar-refractivity contribution in [2.24, 2.45) is 0 Å². The highest BCUT2D eigenvalue weighted by Crippen LogP contribution is 2.26. The molecular weight excluding hydrogens is 372 g/mol. The number of likely N-dealkylation sites (N-methyl/N-ethyl adjacent to an activating group) is 1. The van der Waals surface area contributed by atoms with Crippen LogP contribution in [-0.2, 0) is 4.79 Å². The standard InChI is InChI=1S/C17H22N4OS3/c1-3-20-6-8-21(9-7-20)17(23)24-11-15(22)19-16-18-13-5-4-12(2)10-14(13)25-16/h4-5,10H,3,6-9,11H2,1-2H3,(H,18,19,22). The van der Waals surface area contributed by atoms with Gasteiger partial charge in [0.25, 0.3) is 0 Å². The van der Waals surface area contributed by atoms with Gasteiger partial charge in [0.15, 0.2) is 5.13 Å². The van der Waals surface area contributed by atoms with E-state index in [4.69, 9.17) is 12.2 Å². The van der Waals surface area contributed by atoms with Crippen LogP contribution in [0.3, 0.4) is 0 Å². The van der Waals surface area contributed by atoms with Crippen LogP contribution in [0.5, 0.6) is 0 Å². The first-order valence-electron chi connectivity index (χ1n) is 8.36. The summed E-state index contributed by atoms with van der Waals surface area (Å²) >= 11 is 8.41. The average Bonchev–Trinajstić information content (AvgIpc) is 3.01. The van der Waals surface area contributed by atoms with Crippen LogP contribution in [0.1, 0.15) is 12.5 Å². The van der Waals surface area contributed by atoms with E-state index >= 15 is 0 Å². The minimum Gasteiger partial charge on any atom is -0.355 e. The topological polar surface area (TPSA) is 48.5 Å². The summed E-state index contributed by atoms with van der Waals surface area (Å²) in [4.78, 5) is 21.2. The zero-order valence-electron chi connectivity index (χ0n) is 14.4. The molecule has 1 aliphatic rings. The first kappa shape index (κ1) is 18.6. The molecule has 1 saturated heterocycles. The van der Waals surface area contributed by atoms with E-state index in [9.17, 15) is 4.79 Å². The number of thiazole rings is 1. The van der Waals surface area contributed by atoms with Crippen LogP contribution in [0.4, 0.5) is 5.13 Å². The molecule has 3 rings (SSSR count). The number of rotatable bonds is 4. The lowest BCUT2D eigenvalue weighted by atomic mass is 10.2. The number of anilines is 1. The van der Waals surface area contributed by atoms with Crippen molar-refractivity contribution in [2.45, 2.75) is 13.8 Å². The number of hydrogen-bond acceptors (Lipinski definition) is 6. The maximum atomic E-state index is 12.2. The van der Waals surface area contributed by atoms with Crippen molar-refractivity contribution in [3.8, 4) is 0 Å². The fourth-order valence-corrected chi connectivity index (χ4v) is 4.74. The highest BCUT2D eigenvalue weighted by atomic mass is 32.2. The molecule has 1 N–H and O–H groups in total. The molecule has 0 radical (unpaired) electrons. The van der Waals surface area contributed by atoms with E-state index < -0.39 is 0 Å². The number of benzene rings is 1. The summed E-state index contributed by atoms with van der Waals surface area (Å²) in [6.07, 6.45) is 0. The smallest absolute Gasteiger partial charge is 0.236 e. The number of fused-ring (bicyclic) bond motifs is 1. The summed E-state index contributed by atoms with van der Waals surface area (Å²) in [7, 11) is 0. The summed E-state index contributed by atoms with van der Waals surface area (Å²) in [5.41, 5.74) is 2.11. The quantitative estimate of drug-likeness (QED) is 0.804. The number of thiocarbonyl (C=S) groups is 1. The molecular formula is C17H22N4OS3. The summed E-state index contributed by atoms with van der Waals surface area (Å²) in [6, 6.07) is 6.10. The predicted molar refractivity (Wildman–Crippen MR) is 112 cm³/mol. The molecule has 1 fully saturated rings. The molecule has 0 unspecified atom stereocenters. The fourth-order valence-electron chi connectivity index (χ4n) is 2.71. The first-order chi connectivity index (χ1) is 12.0. The van der Waals surface area contributed by atoms with Gasteiger partial charge in [-0.2, -0.15) is 0 Å². The van der Waals surface area contributed by atoms with Gasteiger partial charge < -0.3 is 15.1 Å². The maximum absolute atomic E-state index is 12.2. The van der Waals surface area contributed by atoms with Crippen LogP contribution in [-0.4, -0.2) is 63.5 Å². The molecule has 0 saturated carbocycles. The second-order valence-corrected chi connectivity index (χ2v) is 8.65. The number of hydrogen-bond donors (Lipinski definition) is 1. The molecule has 0 aliphatic carbocycles. The molecule has 2 heterocycles. The number of nitrogens with one attached hydrogen (secondary N) is 1. The van der Waals surface area contributed by atoms with Crippen LogP contribution in [0.25, 0.3) is 10.2 Å². The average molecular weight is 395 g/mol. The normalized spacial score (nSPS) is 15.5. The zero-order chi connectivity index (χ0) is 17.8. The lowest BCUT2D eigenvalue weighted by Crippen LogP contribution is -2.47. The van der Waals surface area contributed by atoms with E-state index in [1.54, 1.807) is 0 Å². The van der Waals surface area contributed by atoms with Crippen LogP contribution < -0.4 is 5.32 Å². The molecule has 5 nitrogen and oxygen atoms in total. The molecule has 0 atom stereocenters. The molecule has 25 heavy (non-hydrogen) atoms. The van der Waals surface area contributed by atoms with Crippen LogP contribution >= 0.6 is 35.3 Å². The number of thioether (sulfide) groups is 1. The molecule has 134 valence electrons. The van der Waals surface area contributed by atoms with Crippen LogP contribution in [0.2, 0.25) is 0 Å². The van der Waals surface area contributed by atoms with Gasteiger partial charge in [-0.05, 0) is 31.2 Å².